The average Bonchev–Trinajstić information content (AvgIpc) is 2.81. The fourth-order valence-electron chi connectivity index (χ4n) is 2.82. The molecule has 2 rings (SSSR count). The summed E-state index contributed by atoms with van der Waals surface area (Å²) in [5, 5.41) is 7.83. The maximum atomic E-state index is 4.41. The first-order chi connectivity index (χ1) is 7.70. The van der Waals surface area contributed by atoms with Gasteiger partial charge in [0.25, 0.3) is 0 Å². The Morgan fingerprint density at radius 3 is 2.81 bits per heavy atom. The van der Waals surface area contributed by atoms with Crippen molar-refractivity contribution in [2.24, 2.45) is 5.92 Å². The summed E-state index contributed by atoms with van der Waals surface area (Å²) in [6.45, 7) is 5.00. The van der Waals surface area contributed by atoms with Crippen molar-refractivity contribution in [2.45, 2.75) is 52.1 Å². The molecular formula is C12H22N4. The van der Waals surface area contributed by atoms with Crippen molar-refractivity contribution >= 4 is 0 Å². The summed E-state index contributed by atoms with van der Waals surface area (Å²) in [7, 11) is 2.08. The van der Waals surface area contributed by atoms with Crippen LogP contribution in [0.1, 0.15) is 37.3 Å². The second-order valence-electron chi connectivity index (χ2n) is 4.80. The lowest BCUT2D eigenvalue weighted by Gasteiger charge is -2.18. The molecule has 0 bridgehead atoms. The first kappa shape index (κ1) is 11.6. The lowest BCUT2D eigenvalue weighted by Crippen LogP contribution is -2.29. The standard InChI is InChI=1S/C12H22N4/c1-9-14-10(2)16(15-9)8-7-11-5-4-6-12(11)13-3/h11-13H,4-8H2,1-3H3. The van der Waals surface area contributed by atoms with Crippen LogP contribution < -0.4 is 5.32 Å². The topological polar surface area (TPSA) is 42.7 Å². The van der Waals surface area contributed by atoms with Crippen molar-refractivity contribution in [3.63, 3.8) is 0 Å². The fourth-order valence-corrected chi connectivity index (χ4v) is 2.82. The molecule has 0 amide bonds. The van der Waals surface area contributed by atoms with E-state index in [2.05, 4.69) is 22.4 Å². The number of aromatic nitrogens is 3. The van der Waals surface area contributed by atoms with Crippen LogP contribution in [0, 0.1) is 19.8 Å². The Morgan fingerprint density at radius 1 is 1.38 bits per heavy atom. The molecule has 0 saturated heterocycles. The number of nitrogens with zero attached hydrogens (tertiary/aromatic N) is 3. The van der Waals surface area contributed by atoms with Crippen LogP contribution >= 0.6 is 0 Å². The van der Waals surface area contributed by atoms with E-state index in [1.807, 2.05) is 18.5 Å². The molecule has 1 heterocycles. The van der Waals surface area contributed by atoms with Crippen LogP contribution in [-0.4, -0.2) is 27.9 Å². The van der Waals surface area contributed by atoms with Gasteiger partial charge in [-0.25, -0.2) is 4.98 Å². The van der Waals surface area contributed by atoms with Gasteiger partial charge in [-0.3, -0.25) is 4.68 Å². The van der Waals surface area contributed by atoms with E-state index in [0.29, 0.717) is 6.04 Å². The van der Waals surface area contributed by atoms with Crippen LogP contribution in [0.15, 0.2) is 0 Å². The third kappa shape index (κ3) is 2.43. The van der Waals surface area contributed by atoms with Gasteiger partial charge >= 0.3 is 0 Å². The minimum Gasteiger partial charge on any atom is -0.317 e. The van der Waals surface area contributed by atoms with Crippen LogP contribution in [0.5, 0.6) is 0 Å². The SMILES string of the molecule is CNC1CCCC1CCn1nc(C)nc1C. The number of aryl methyl sites for hydroxylation is 3. The highest BCUT2D eigenvalue weighted by molar-refractivity contribution is 4.88. The molecule has 1 aliphatic carbocycles. The van der Waals surface area contributed by atoms with Gasteiger partial charge in [0, 0.05) is 12.6 Å². The van der Waals surface area contributed by atoms with Gasteiger partial charge in [0.1, 0.15) is 11.6 Å². The van der Waals surface area contributed by atoms with Gasteiger partial charge in [0.2, 0.25) is 0 Å². The van der Waals surface area contributed by atoms with E-state index < -0.39 is 0 Å². The van der Waals surface area contributed by atoms with E-state index in [-0.39, 0.29) is 0 Å². The Balaban J connectivity index is 1.89. The van der Waals surface area contributed by atoms with E-state index in [9.17, 15) is 0 Å². The van der Waals surface area contributed by atoms with Gasteiger partial charge in [0.15, 0.2) is 0 Å². The molecule has 1 aliphatic rings. The molecule has 4 heteroatoms. The maximum absolute atomic E-state index is 4.41. The summed E-state index contributed by atoms with van der Waals surface area (Å²) in [6, 6.07) is 0.713. The summed E-state index contributed by atoms with van der Waals surface area (Å²) in [5.74, 6) is 2.74. The molecule has 1 fully saturated rings. The number of hydrogen-bond acceptors (Lipinski definition) is 3. The van der Waals surface area contributed by atoms with Gasteiger partial charge < -0.3 is 5.32 Å². The number of rotatable bonds is 4. The predicted octanol–water partition coefficient (Wildman–Crippen LogP) is 1.67. The van der Waals surface area contributed by atoms with E-state index in [1.54, 1.807) is 0 Å². The van der Waals surface area contributed by atoms with Crippen LogP contribution in [0.4, 0.5) is 0 Å². The van der Waals surface area contributed by atoms with Crippen molar-refractivity contribution in [3.05, 3.63) is 11.6 Å². The Morgan fingerprint density at radius 2 is 2.19 bits per heavy atom. The zero-order valence-electron chi connectivity index (χ0n) is 10.5. The molecule has 0 spiro atoms. The van der Waals surface area contributed by atoms with Crippen molar-refractivity contribution < 1.29 is 0 Å². The number of nitrogens with one attached hydrogen (secondary N) is 1. The molecule has 1 aromatic rings. The molecule has 0 aliphatic heterocycles. The van der Waals surface area contributed by atoms with E-state index in [0.717, 1.165) is 24.1 Å². The second-order valence-corrected chi connectivity index (χ2v) is 4.80. The van der Waals surface area contributed by atoms with E-state index in [4.69, 9.17) is 0 Å². The van der Waals surface area contributed by atoms with Gasteiger partial charge in [0.05, 0.1) is 0 Å². The van der Waals surface area contributed by atoms with Gasteiger partial charge in [-0.15, -0.1) is 0 Å². The van der Waals surface area contributed by atoms with Crippen LogP contribution in [0.3, 0.4) is 0 Å². The normalized spacial score (nSPS) is 25.2. The lowest BCUT2D eigenvalue weighted by atomic mass is 10.00. The minimum absolute atomic E-state index is 0.713. The monoisotopic (exact) mass is 222 g/mol. The van der Waals surface area contributed by atoms with Crippen molar-refractivity contribution in [3.8, 4) is 0 Å². The van der Waals surface area contributed by atoms with Crippen molar-refractivity contribution in [1.82, 2.24) is 20.1 Å². The fraction of sp³-hybridized carbons (Fsp3) is 0.833. The quantitative estimate of drug-likeness (QED) is 0.842. The second kappa shape index (κ2) is 4.95. The molecule has 90 valence electrons. The molecule has 2 unspecified atom stereocenters. The summed E-state index contributed by atoms with van der Waals surface area (Å²) in [6.07, 6.45) is 5.27. The molecule has 16 heavy (non-hydrogen) atoms. The number of hydrogen-bond donors (Lipinski definition) is 1. The van der Waals surface area contributed by atoms with Gasteiger partial charge in [-0.2, -0.15) is 5.10 Å². The van der Waals surface area contributed by atoms with Gasteiger partial charge in [-0.05, 0) is 46.1 Å². The highest BCUT2D eigenvalue weighted by Gasteiger charge is 2.25. The molecular weight excluding hydrogens is 200 g/mol. The van der Waals surface area contributed by atoms with Crippen molar-refractivity contribution in [2.75, 3.05) is 7.05 Å². The Kier molecular flexibility index (Phi) is 3.59. The first-order valence-electron chi connectivity index (χ1n) is 6.26. The third-order valence-electron chi connectivity index (χ3n) is 3.70. The predicted molar refractivity (Wildman–Crippen MR) is 64.3 cm³/mol. The smallest absolute Gasteiger partial charge is 0.147 e. The molecule has 1 N–H and O–H groups in total. The average molecular weight is 222 g/mol. The van der Waals surface area contributed by atoms with Crippen LogP contribution in [-0.2, 0) is 6.54 Å². The van der Waals surface area contributed by atoms with Gasteiger partial charge in [-0.1, -0.05) is 6.42 Å². The Hall–Kier alpha value is -0.900. The molecule has 0 radical (unpaired) electrons. The molecule has 2 atom stereocenters. The summed E-state index contributed by atoms with van der Waals surface area (Å²) in [5.41, 5.74) is 0. The van der Waals surface area contributed by atoms with Crippen LogP contribution in [0.25, 0.3) is 0 Å². The third-order valence-corrected chi connectivity index (χ3v) is 3.70. The molecule has 1 saturated carbocycles. The molecule has 4 nitrogen and oxygen atoms in total. The lowest BCUT2D eigenvalue weighted by molar-refractivity contribution is 0.367. The highest BCUT2D eigenvalue weighted by atomic mass is 15.3. The van der Waals surface area contributed by atoms with E-state index >= 15 is 0 Å². The van der Waals surface area contributed by atoms with E-state index in [1.165, 1.54) is 25.7 Å². The largest absolute Gasteiger partial charge is 0.317 e. The zero-order valence-corrected chi connectivity index (χ0v) is 10.5. The maximum Gasteiger partial charge on any atom is 0.147 e. The molecule has 1 aromatic heterocycles. The Bertz CT molecular complexity index is 345. The summed E-state index contributed by atoms with van der Waals surface area (Å²) < 4.78 is 2.04. The van der Waals surface area contributed by atoms with Crippen molar-refractivity contribution in [1.29, 1.82) is 0 Å². The van der Waals surface area contributed by atoms with Crippen LogP contribution in [0.2, 0.25) is 0 Å². The first-order valence-corrected chi connectivity index (χ1v) is 6.26. The summed E-state index contributed by atoms with van der Waals surface area (Å²) >= 11 is 0. The highest BCUT2D eigenvalue weighted by Crippen LogP contribution is 2.28. The zero-order chi connectivity index (χ0) is 11.5. The molecule has 0 aromatic carbocycles. The Labute approximate surface area is 97.5 Å². The summed E-state index contributed by atoms with van der Waals surface area (Å²) in [4.78, 5) is 4.33. The minimum atomic E-state index is 0.713.